The molecule has 0 atom stereocenters. The first-order valence-electron chi connectivity index (χ1n) is 7.21. The van der Waals surface area contributed by atoms with E-state index < -0.39 is 6.61 Å². The molecular formula is C16H17F2N3O3. The highest BCUT2D eigenvalue weighted by atomic mass is 19.3. The molecule has 1 aromatic heterocycles. The van der Waals surface area contributed by atoms with E-state index in [1.807, 2.05) is 6.92 Å². The van der Waals surface area contributed by atoms with Gasteiger partial charge in [0, 0.05) is 12.7 Å². The number of hydrogen-bond donors (Lipinski definition) is 1. The van der Waals surface area contributed by atoms with Crippen molar-refractivity contribution in [3.05, 3.63) is 48.3 Å². The van der Waals surface area contributed by atoms with Crippen molar-refractivity contribution in [2.45, 2.75) is 20.3 Å². The van der Waals surface area contributed by atoms with Crippen LogP contribution in [0.4, 0.5) is 14.5 Å². The van der Waals surface area contributed by atoms with Gasteiger partial charge in [0.25, 0.3) is 0 Å². The van der Waals surface area contributed by atoms with Crippen molar-refractivity contribution in [3.8, 4) is 5.75 Å². The molecule has 0 radical (unpaired) electrons. The molecule has 0 spiro atoms. The smallest absolute Gasteiger partial charge is 0.387 e. The summed E-state index contributed by atoms with van der Waals surface area (Å²) in [7, 11) is 0. The molecule has 0 saturated carbocycles. The van der Waals surface area contributed by atoms with E-state index in [0.29, 0.717) is 24.6 Å². The quantitative estimate of drug-likeness (QED) is 0.752. The number of aromatic nitrogens is 2. The van der Waals surface area contributed by atoms with Crippen LogP contribution in [0.2, 0.25) is 0 Å². The van der Waals surface area contributed by atoms with Gasteiger partial charge in [-0.25, -0.2) is 4.68 Å². The van der Waals surface area contributed by atoms with Crippen molar-refractivity contribution in [2.24, 2.45) is 0 Å². The van der Waals surface area contributed by atoms with E-state index in [1.54, 1.807) is 29.1 Å². The van der Waals surface area contributed by atoms with Gasteiger partial charge in [-0.05, 0) is 30.7 Å². The van der Waals surface area contributed by atoms with Crippen molar-refractivity contribution in [1.82, 2.24) is 9.78 Å². The number of nitrogens with zero attached hydrogens (tertiary/aromatic N) is 2. The predicted octanol–water partition coefficient (Wildman–Crippen LogP) is 3.13. The topological polar surface area (TPSA) is 65.4 Å². The summed E-state index contributed by atoms with van der Waals surface area (Å²) in [6.07, 6.45) is 6.06. The first kappa shape index (κ1) is 17.6. The molecule has 0 saturated heterocycles. The summed E-state index contributed by atoms with van der Waals surface area (Å²) < 4.78 is 35.1. The van der Waals surface area contributed by atoms with Crippen LogP contribution in [-0.4, -0.2) is 28.9 Å². The van der Waals surface area contributed by atoms with Gasteiger partial charge in [-0.3, -0.25) is 4.79 Å². The summed E-state index contributed by atoms with van der Waals surface area (Å²) in [5, 5.41) is 6.69. The molecule has 0 bridgehead atoms. The van der Waals surface area contributed by atoms with E-state index in [-0.39, 0.29) is 11.7 Å². The number of anilines is 1. The average Bonchev–Trinajstić information content (AvgIpc) is 2.99. The summed E-state index contributed by atoms with van der Waals surface area (Å²) in [5.41, 5.74) is 1.23. The van der Waals surface area contributed by atoms with Gasteiger partial charge in [0.2, 0.25) is 5.91 Å². The third-order valence-electron chi connectivity index (χ3n) is 2.86. The zero-order valence-electron chi connectivity index (χ0n) is 13.0. The molecule has 1 N–H and O–H groups in total. The SMILES string of the molecule is CCOCn1cc(NC(=O)/C=C\c2ccc(OC(F)F)cc2)cn1. The Labute approximate surface area is 137 Å². The highest BCUT2D eigenvalue weighted by molar-refractivity contribution is 6.01. The number of rotatable bonds is 8. The molecule has 2 rings (SSSR count). The number of amides is 1. The Kier molecular flexibility index (Phi) is 6.44. The lowest BCUT2D eigenvalue weighted by Crippen LogP contribution is -2.07. The fourth-order valence-electron chi connectivity index (χ4n) is 1.80. The predicted molar refractivity (Wildman–Crippen MR) is 84.6 cm³/mol. The molecule has 0 fully saturated rings. The number of benzene rings is 1. The minimum absolute atomic E-state index is 0.0633. The first-order chi connectivity index (χ1) is 11.6. The summed E-state index contributed by atoms with van der Waals surface area (Å²) >= 11 is 0. The van der Waals surface area contributed by atoms with Crippen LogP contribution in [-0.2, 0) is 16.3 Å². The maximum atomic E-state index is 12.0. The minimum atomic E-state index is -2.86. The van der Waals surface area contributed by atoms with Gasteiger partial charge in [0.1, 0.15) is 12.5 Å². The molecule has 0 unspecified atom stereocenters. The van der Waals surface area contributed by atoms with Crippen molar-refractivity contribution >= 4 is 17.7 Å². The number of halogens is 2. The van der Waals surface area contributed by atoms with Gasteiger partial charge in [-0.15, -0.1) is 0 Å². The number of carbonyl (C=O) groups is 1. The standard InChI is InChI=1S/C16H17F2N3O3/c1-2-23-11-21-10-13(9-19-21)20-15(22)8-5-12-3-6-14(7-4-12)24-16(17)18/h3-10,16H,2,11H2,1H3,(H,20,22)/b8-5-. The summed E-state index contributed by atoms with van der Waals surface area (Å²) in [6, 6.07) is 5.95. The lowest BCUT2D eigenvalue weighted by atomic mass is 10.2. The maximum Gasteiger partial charge on any atom is 0.387 e. The third kappa shape index (κ3) is 5.81. The third-order valence-corrected chi connectivity index (χ3v) is 2.86. The fraction of sp³-hybridized carbons (Fsp3) is 0.250. The molecule has 6 nitrogen and oxygen atoms in total. The number of carbonyl (C=O) groups excluding carboxylic acids is 1. The van der Waals surface area contributed by atoms with E-state index >= 15 is 0 Å². The molecule has 0 aliphatic rings. The van der Waals surface area contributed by atoms with E-state index in [4.69, 9.17) is 4.74 Å². The van der Waals surface area contributed by atoms with Gasteiger partial charge < -0.3 is 14.8 Å². The number of nitrogens with one attached hydrogen (secondary N) is 1. The fourth-order valence-corrected chi connectivity index (χ4v) is 1.80. The molecule has 24 heavy (non-hydrogen) atoms. The van der Waals surface area contributed by atoms with Crippen LogP contribution in [0.25, 0.3) is 6.08 Å². The van der Waals surface area contributed by atoms with Crippen LogP contribution in [0.5, 0.6) is 5.75 Å². The van der Waals surface area contributed by atoms with Crippen LogP contribution in [0.1, 0.15) is 12.5 Å². The molecule has 0 aliphatic heterocycles. The molecule has 128 valence electrons. The van der Waals surface area contributed by atoms with Gasteiger partial charge in [-0.2, -0.15) is 13.9 Å². The largest absolute Gasteiger partial charge is 0.435 e. The summed E-state index contributed by atoms with van der Waals surface area (Å²) in [5.74, 6) is -0.271. The van der Waals surface area contributed by atoms with Gasteiger partial charge >= 0.3 is 6.61 Å². The maximum absolute atomic E-state index is 12.0. The normalized spacial score (nSPS) is 11.2. The van der Waals surface area contributed by atoms with Crippen molar-refractivity contribution in [3.63, 3.8) is 0 Å². The number of alkyl halides is 2. The Morgan fingerprint density at radius 2 is 2.12 bits per heavy atom. The van der Waals surface area contributed by atoms with Crippen molar-refractivity contribution in [1.29, 1.82) is 0 Å². The van der Waals surface area contributed by atoms with E-state index in [0.717, 1.165) is 0 Å². The van der Waals surface area contributed by atoms with Crippen LogP contribution < -0.4 is 10.1 Å². The molecule has 0 aliphatic carbocycles. The zero-order chi connectivity index (χ0) is 17.4. The summed E-state index contributed by atoms with van der Waals surface area (Å²) in [6.45, 7) is -0.0927. The first-order valence-corrected chi connectivity index (χ1v) is 7.21. The Morgan fingerprint density at radius 1 is 1.38 bits per heavy atom. The molecule has 1 amide bonds. The van der Waals surface area contributed by atoms with Gasteiger partial charge in [0.15, 0.2) is 0 Å². The molecule has 1 aromatic carbocycles. The zero-order valence-corrected chi connectivity index (χ0v) is 13.0. The van der Waals surface area contributed by atoms with Crippen molar-refractivity contribution in [2.75, 3.05) is 11.9 Å². The van der Waals surface area contributed by atoms with Crippen LogP contribution in [0.15, 0.2) is 42.7 Å². The monoisotopic (exact) mass is 337 g/mol. The lowest BCUT2D eigenvalue weighted by Gasteiger charge is -2.03. The van der Waals surface area contributed by atoms with Gasteiger partial charge in [0.05, 0.1) is 18.1 Å². The number of hydrogen-bond acceptors (Lipinski definition) is 4. The van der Waals surface area contributed by atoms with Crippen LogP contribution in [0, 0.1) is 0 Å². The molecule has 2 aromatic rings. The minimum Gasteiger partial charge on any atom is -0.435 e. The van der Waals surface area contributed by atoms with Gasteiger partial charge in [-0.1, -0.05) is 12.1 Å². The molecule has 8 heteroatoms. The second kappa shape index (κ2) is 8.78. The second-order valence-corrected chi connectivity index (χ2v) is 4.66. The summed E-state index contributed by atoms with van der Waals surface area (Å²) in [4.78, 5) is 11.8. The highest BCUT2D eigenvalue weighted by Crippen LogP contribution is 2.15. The average molecular weight is 337 g/mol. The van der Waals surface area contributed by atoms with E-state index in [9.17, 15) is 13.6 Å². The second-order valence-electron chi connectivity index (χ2n) is 4.66. The van der Waals surface area contributed by atoms with Crippen LogP contribution >= 0.6 is 0 Å². The van der Waals surface area contributed by atoms with Crippen LogP contribution in [0.3, 0.4) is 0 Å². The molecule has 1 heterocycles. The Morgan fingerprint density at radius 3 is 2.79 bits per heavy atom. The Balaban J connectivity index is 1.87. The van der Waals surface area contributed by atoms with Crippen molar-refractivity contribution < 1.29 is 23.0 Å². The molecular weight excluding hydrogens is 320 g/mol. The Hall–Kier alpha value is -2.74. The van der Waals surface area contributed by atoms with E-state index in [2.05, 4.69) is 15.2 Å². The lowest BCUT2D eigenvalue weighted by molar-refractivity contribution is -0.111. The number of ether oxygens (including phenoxy) is 2. The Bertz CT molecular complexity index is 684. The highest BCUT2D eigenvalue weighted by Gasteiger charge is 2.04. The van der Waals surface area contributed by atoms with E-state index in [1.165, 1.54) is 24.4 Å².